The van der Waals surface area contributed by atoms with Crippen molar-refractivity contribution < 1.29 is 4.39 Å². The maximum absolute atomic E-state index is 13.1. The van der Waals surface area contributed by atoms with E-state index in [0.717, 1.165) is 11.8 Å². The zero-order chi connectivity index (χ0) is 11.8. The van der Waals surface area contributed by atoms with E-state index in [-0.39, 0.29) is 5.82 Å². The van der Waals surface area contributed by atoms with E-state index in [9.17, 15) is 4.39 Å². The molecule has 5 heteroatoms. The second-order valence-electron chi connectivity index (χ2n) is 3.63. The van der Waals surface area contributed by atoms with Crippen molar-refractivity contribution in [3.8, 4) is 11.3 Å². The van der Waals surface area contributed by atoms with E-state index >= 15 is 0 Å². The Balaban J connectivity index is 2.18. The fourth-order valence-electron chi connectivity index (χ4n) is 1.66. The maximum atomic E-state index is 13.1. The normalized spacial score (nSPS) is 10.9. The van der Waals surface area contributed by atoms with Gasteiger partial charge in [-0.05, 0) is 18.2 Å². The van der Waals surface area contributed by atoms with Gasteiger partial charge in [0.05, 0.1) is 16.9 Å². The minimum atomic E-state index is -0.377. The highest BCUT2D eigenvalue weighted by atomic mass is 35.5. The molecule has 3 heterocycles. The van der Waals surface area contributed by atoms with Crippen molar-refractivity contribution in [2.45, 2.75) is 0 Å². The molecule has 17 heavy (non-hydrogen) atoms. The third-order valence-electron chi connectivity index (χ3n) is 2.42. The standard InChI is InChI=1S/C12H7ClFN3/c13-9-1-2-12-16-11(7-17(12)6-9)8-3-10(14)5-15-4-8/h1-7H. The summed E-state index contributed by atoms with van der Waals surface area (Å²) in [5.74, 6) is -0.377. The van der Waals surface area contributed by atoms with Gasteiger partial charge in [-0.25, -0.2) is 9.37 Å². The number of hydrogen-bond donors (Lipinski definition) is 0. The van der Waals surface area contributed by atoms with Crippen molar-refractivity contribution in [1.29, 1.82) is 0 Å². The molecule has 0 saturated carbocycles. The molecule has 0 saturated heterocycles. The average Bonchev–Trinajstić information content (AvgIpc) is 2.72. The van der Waals surface area contributed by atoms with E-state index in [1.54, 1.807) is 35.1 Å². The molecule has 0 radical (unpaired) electrons. The second-order valence-corrected chi connectivity index (χ2v) is 4.07. The molecule has 0 bridgehead atoms. The van der Waals surface area contributed by atoms with Crippen LogP contribution in [0, 0.1) is 5.82 Å². The number of imidazole rings is 1. The van der Waals surface area contributed by atoms with Crippen LogP contribution in [0.2, 0.25) is 5.02 Å². The molecule has 0 atom stereocenters. The molecule has 3 aromatic heterocycles. The van der Waals surface area contributed by atoms with Crippen molar-refractivity contribution in [2.75, 3.05) is 0 Å². The minimum absolute atomic E-state index is 0.377. The van der Waals surface area contributed by atoms with Crippen LogP contribution in [0.25, 0.3) is 16.9 Å². The molecule has 0 fully saturated rings. The SMILES string of the molecule is Fc1cncc(-c2cn3cc(Cl)ccc3n2)c1. The van der Waals surface area contributed by atoms with E-state index in [0.29, 0.717) is 16.3 Å². The van der Waals surface area contributed by atoms with Crippen LogP contribution in [0.3, 0.4) is 0 Å². The molecule has 0 aromatic carbocycles. The van der Waals surface area contributed by atoms with Crippen LogP contribution >= 0.6 is 11.6 Å². The zero-order valence-corrected chi connectivity index (χ0v) is 9.39. The Labute approximate surface area is 102 Å². The van der Waals surface area contributed by atoms with Crippen molar-refractivity contribution in [1.82, 2.24) is 14.4 Å². The van der Waals surface area contributed by atoms with Gasteiger partial charge in [-0.2, -0.15) is 0 Å². The van der Waals surface area contributed by atoms with Crippen molar-refractivity contribution >= 4 is 17.2 Å². The summed E-state index contributed by atoms with van der Waals surface area (Å²) in [4.78, 5) is 8.16. The molecule has 0 aliphatic heterocycles. The molecular formula is C12H7ClFN3. The summed E-state index contributed by atoms with van der Waals surface area (Å²) in [5.41, 5.74) is 2.07. The summed E-state index contributed by atoms with van der Waals surface area (Å²) in [6, 6.07) is 4.96. The van der Waals surface area contributed by atoms with Gasteiger partial charge in [0.2, 0.25) is 0 Å². The van der Waals surface area contributed by atoms with Crippen LogP contribution in [-0.2, 0) is 0 Å². The predicted molar refractivity (Wildman–Crippen MR) is 63.4 cm³/mol. The third-order valence-corrected chi connectivity index (χ3v) is 2.64. The lowest BCUT2D eigenvalue weighted by molar-refractivity contribution is 0.622. The molecule has 0 N–H and O–H groups in total. The first-order valence-corrected chi connectivity index (χ1v) is 5.35. The lowest BCUT2D eigenvalue weighted by atomic mass is 10.2. The highest BCUT2D eigenvalue weighted by molar-refractivity contribution is 6.30. The monoisotopic (exact) mass is 247 g/mol. The molecule has 3 rings (SSSR count). The number of aromatic nitrogens is 3. The van der Waals surface area contributed by atoms with E-state index in [4.69, 9.17) is 11.6 Å². The van der Waals surface area contributed by atoms with Gasteiger partial charge in [-0.15, -0.1) is 0 Å². The Morgan fingerprint density at radius 1 is 1.18 bits per heavy atom. The Kier molecular flexibility index (Phi) is 2.30. The summed E-state index contributed by atoms with van der Waals surface area (Å²) in [6.07, 6.45) is 6.28. The number of halogens is 2. The highest BCUT2D eigenvalue weighted by Gasteiger charge is 2.05. The smallest absolute Gasteiger partial charge is 0.142 e. The molecule has 0 amide bonds. The predicted octanol–water partition coefficient (Wildman–Crippen LogP) is 3.19. The summed E-state index contributed by atoms with van der Waals surface area (Å²) in [5, 5.41) is 0.624. The van der Waals surface area contributed by atoms with Crippen LogP contribution in [-0.4, -0.2) is 14.4 Å². The van der Waals surface area contributed by atoms with Crippen LogP contribution in [0.1, 0.15) is 0 Å². The largest absolute Gasteiger partial charge is 0.305 e. The number of fused-ring (bicyclic) bond motifs is 1. The number of nitrogens with zero attached hydrogens (tertiary/aromatic N) is 3. The molecule has 3 aromatic rings. The summed E-state index contributed by atoms with van der Waals surface area (Å²) in [7, 11) is 0. The molecule has 0 unspecified atom stereocenters. The van der Waals surface area contributed by atoms with Crippen molar-refractivity contribution in [2.24, 2.45) is 0 Å². The van der Waals surface area contributed by atoms with Crippen molar-refractivity contribution in [3.63, 3.8) is 0 Å². The quantitative estimate of drug-likeness (QED) is 0.661. The summed E-state index contributed by atoms with van der Waals surface area (Å²) < 4.78 is 14.8. The van der Waals surface area contributed by atoms with Gasteiger partial charge in [0.15, 0.2) is 0 Å². The molecule has 0 aliphatic carbocycles. The average molecular weight is 248 g/mol. The van der Waals surface area contributed by atoms with Crippen LogP contribution in [0.15, 0.2) is 43.0 Å². The lowest BCUT2D eigenvalue weighted by Gasteiger charge is -1.94. The van der Waals surface area contributed by atoms with Gasteiger partial charge in [-0.3, -0.25) is 4.98 Å². The van der Waals surface area contributed by atoms with E-state index in [2.05, 4.69) is 9.97 Å². The summed E-state index contributed by atoms with van der Waals surface area (Å²) in [6.45, 7) is 0. The first-order valence-electron chi connectivity index (χ1n) is 4.97. The number of hydrogen-bond acceptors (Lipinski definition) is 2. The highest BCUT2D eigenvalue weighted by Crippen LogP contribution is 2.20. The van der Waals surface area contributed by atoms with Crippen molar-refractivity contribution in [3.05, 3.63) is 53.8 Å². The van der Waals surface area contributed by atoms with Gasteiger partial charge in [0.25, 0.3) is 0 Å². The molecule has 84 valence electrons. The third kappa shape index (κ3) is 1.87. The Bertz CT molecular complexity index is 693. The van der Waals surface area contributed by atoms with Gasteiger partial charge < -0.3 is 4.40 Å². The first-order chi connectivity index (χ1) is 8.22. The summed E-state index contributed by atoms with van der Waals surface area (Å²) >= 11 is 5.88. The molecular weight excluding hydrogens is 241 g/mol. The van der Waals surface area contributed by atoms with Gasteiger partial charge in [0, 0.05) is 24.2 Å². The fraction of sp³-hybridized carbons (Fsp3) is 0. The minimum Gasteiger partial charge on any atom is -0.305 e. The first kappa shape index (κ1) is 10.2. The van der Waals surface area contributed by atoms with E-state index < -0.39 is 0 Å². The Morgan fingerprint density at radius 3 is 2.88 bits per heavy atom. The van der Waals surface area contributed by atoms with Gasteiger partial charge in [-0.1, -0.05) is 11.6 Å². The fourth-order valence-corrected chi connectivity index (χ4v) is 1.82. The number of pyridine rings is 2. The maximum Gasteiger partial charge on any atom is 0.142 e. The van der Waals surface area contributed by atoms with Crippen LogP contribution in [0.5, 0.6) is 0 Å². The Morgan fingerprint density at radius 2 is 2.06 bits per heavy atom. The Hall–Kier alpha value is -1.94. The molecule has 0 spiro atoms. The van der Waals surface area contributed by atoms with E-state index in [1.165, 1.54) is 6.07 Å². The van der Waals surface area contributed by atoms with Crippen LogP contribution in [0.4, 0.5) is 4.39 Å². The van der Waals surface area contributed by atoms with Gasteiger partial charge >= 0.3 is 0 Å². The lowest BCUT2D eigenvalue weighted by Crippen LogP contribution is -1.82. The zero-order valence-electron chi connectivity index (χ0n) is 8.64. The molecule has 0 aliphatic rings. The molecule has 3 nitrogen and oxygen atoms in total. The van der Waals surface area contributed by atoms with E-state index in [1.807, 2.05) is 0 Å². The van der Waals surface area contributed by atoms with Gasteiger partial charge in [0.1, 0.15) is 11.5 Å². The topological polar surface area (TPSA) is 30.2 Å². The van der Waals surface area contributed by atoms with Crippen LogP contribution < -0.4 is 0 Å². The second kappa shape index (κ2) is 3.82. The number of rotatable bonds is 1.